The van der Waals surface area contributed by atoms with Gasteiger partial charge in [0.1, 0.15) is 12.4 Å². The SMILES string of the molecule is COc1cc([C@@H]2COC(=O)N2)ccc1C.Cl. The van der Waals surface area contributed by atoms with Crippen molar-refractivity contribution in [2.75, 3.05) is 13.7 Å². The minimum absolute atomic E-state index is 0. The summed E-state index contributed by atoms with van der Waals surface area (Å²) in [5.41, 5.74) is 2.08. The highest BCUT2D eigenvalue weighted by molar-refractivity contribution is 5.85. The van der Waals surface area contributed by atoms with E-state index in [1.54, 1.807) is 7.11 Å². The number of carbonyl (C=O) groups is 1. The van der Waals surface area contributed by atoms with Crippen molar-refractivity contribution in [3.8, 4) is 5.75 Å². The van der Waals surface area contributed by atoms with Crippen LogP contribution in [0.3, 0.4) is 0 Å². The lowest BCUT2D eigenvalue weighted by molar-refractivity contribution is 0.177. The number of ether oxygens (including phenoxy) is 2. The number of hydrogen-bond acceptors (Lipinski definition) is 3. The van der Waals surface area contributed by atoms with Gasteiger partial charge in [-0.15, -0.1) is 12.4 Å². The van der Waals surface area contributed by atoms with E-state index in [4.69, 9.17) is 9.47 Å². The van der Waals surface area contributed by atoms with Crippen LogP contribution in [0.2, 0.25) is 0 Å². The van der Waals surface area contributed by atoms with Crippen LogP contribution in [0.25, 0.3) is 0 Å². The first-order chi connectivity index (χ1) is 7.20. The van der Waals surface area contributed by atoms with Gasteiger partial charge in [0, 0.05) is 0 Å². The normalized spacial score (nSPS) is 18.4. The number of amides is 1. The molecule has 1 atom stereocenters. The van der Waals surface area contributed by atoms with E-state index in [0.29, 0.717) is 6.61 Å². The molecule has 88 valence electrons. The molecule has 2 rings (SSSR count). The maximum Gasteiger partial charge on any atom is 0.407 e. The summed E-state index contributed by atoms with van der Waals surface area (Å²) in [6.45, 7) is 2.36. The molecule has 4 nitrogen and oxygen atoms in total. The topological polar surface area (TPSA) is 47.6 Å². The van der Waals surface area contributed by atoms with E-state index in [-0.39, 0.29) is 24.5 Å². The van der Waals surface area contributed by atoms with Crippen molar-refractivity contribution in [1.82, 2.24) is 5.32 Å². The number of benzene rings is 1. The molecule has 0 radical (unpaired) electrons. The molecular formula is C11H14ClNO3. The Morgan fingerprint density at radius 1 is 1.50 bits per heavy atom. The van der Waals surface area contributed by atoms with Crippen LogP contribution in [0.1, 0.15) is 17.2 Å². The van der Waals surface area contributed by atoms with Gasteiger partial charge in [-0.3, -0.25) is 0 Å². The predicted molar refractivity (Wildman–Crippen MR) is 62.2 cm³/mol. The molecule has 1 aromatic rings. The molecule has 0 spiro atoms. The Bertz CT molecular complexity index is 395. The van der Waals surface area contributed by atoms with Crippen LogP contribution in [0.15, 0.2) is 18.2 Å². The second-order valence-corrected chi connectivity index (χ2v) is 3.52. The fraction of sp³-hybridized carbons (Fsp3) is 0.364. The summed E-state index contributed by atoms with van der Waals surface area (Å²) < 4.78 is 10.1. The largest absolute Gasteiger partial charge is 0.496 e. The first-order valence-corrected chi connectivity index (χ1v) is 4.78. The van der Waals surface area contributed by atoms with Gasteiger partial charge < -0.3 is 14.8 Å². The van der Waals surface area contributed by atoms with Crippen LogP contribution in [-0.2, 0) is 4.74 Å². The molecule has 1 amide bonds. The molecule has 0 unspecified atom stereocenters. The molecule has 1 fully saturated rings. The summed E-state index contributed by atoms with van der Waals surface area (Å²) in [7, 11) is 1.63. The highest BCUT2D eigenvalue weighted by Crippen LogP contribution is 2.25. The summed E-state index contributed by atoms with van der Waals surface area (Å²) >= 11 is 0. The average Bonchev–Trinajstić information content (AvgIpc) is 2.66. The van der Waals surface area contributed by atoms with E-state index in [0.717, 1.165) is 16.9 Å². The molecule has 1 saturated heterocycles. The third-order valence-corrected chi connectivity index (χ3v) is 2.51. The number of halogens is 1. The zero-order chi connectivity index (χ0) is 10.8. The number of cyclic esters (lactones) is 1. The standard InChI is InChI=1S/C11H13NO3.ClH/c1-7-3-4-8(5-10(7)14-2)9-6-15-11(13)12-9;/h3-5,9H,6H2,1-2H3,(H,12,13);1H/t9-;/m0./s1. The fourth-order valence-electron chi connectivity index (χ4n) is 1.62. The van der Waals surface area contributed by atoms with Crippen LogP contribution in [-0.4, -0.2) is 19.8 Å². The first-order valence-electron chi connectivity index (χ1n) is 4.78. The molecule has 1 aliphatic rings. The number of carbonyl (C=O) groups excluding carboxylic acids is 1. The molecule has 1 aromatic carbocycles. The van der Waals surface area contributed by atoms with E-state index in [1.807, 2.05) is 25.1 Å². The van der Waals surface area contributed by atoms with Crippen LogP contribution in [0.5, 0.6) is 5.75 Å². The van der Waals surface area contributed by atoms with Crippen molar-refractivity contribution < 1.29 is 14.3 Å². The Labute approximate surface area is 100 Å². The highest BCUT2D eigenvalue weighted by Gasteiger charge is 2.24. The van der Waals surface area contributed by atoms with Crippen molar-refractivity contribution >= 4 is 18.5 Å². The van der Waals surface area contributed by atoms with Gasteiger partial charge in [-0.05, 0) is 24.1 Å². The summed E-state index contributed by atoms with van der Waals surface area (Å²) in [5, 5.41) is 2.72. The van der Waals surface area contributed by atoms with Gasteiger partial charge in [0.25, 0.3) is 0 Å². The summed E-state index contributed by atoms with van der Waals surface area (Å²) in [4.78, 5) is 10.9. The second kappa shape index (κ2) is 5.07. The lowest BCUT2D eigenvalue weighted by Crippen LogP contribution is -2.18. The molecule has 0 aliphatic carbocycles. The van der Waals surface area contributed by atoms with Crippen LogP contribution in [0, 0.1) is 6.92 Å². The maximum atomic E-state index is 10.9. The van der Waals surface area contributed by atoms with Crippen LogP contribution in [0.4, 0.5) is 4.79 Å². The Kier molecular flexibility index (Phi) is 4.01. The van der Waals surface area contributed by atoms with Crippen molar-refractivity contribution in [2.45, 2.75) is 13.0 Å². The van der Waals surface area contributed by atoms with Gasteiger partial charge in [0.2, 0.25) is 0 Å². The smallest absolute Gasteiger partial charge is 0.407 e. The van der Waals surface area contributed by atoms with Crippen molar-refractivity contribution in [3.63, 3.8) is 0 Å². The number of aryl methyl sites for hydroxylation is 1. The zero-order valence-electron chi connectivity index (χ0n) is 9.15. The number of nitrogens with one attached hydrogen (secondary N) is 1. The number of hydrogen-bond donors (Lipinski definition) is 1. The predicted octanol–water partition coefficient (Wildman–Crippen LogP) is 2.21. The van der Waals surface area contributed by atoms with Gasteiger partial charge >= 0.3 is 6.09 Å². The van der Waals surface area contributed by atoms with E-state index < -0.39 is 0 Å². The molecular weight excluding hydrogens is 230 g/mol. The Balaban J connectivity index is 0.00000128. The van der Waals surface area contributed by atoms with E-state index in [9.17, 15) is 4.79 Å². The Morgan fingerprint density at radius 3 is 2.81 bits per heavy atom. The minimum atomic E-state index is -0.362. The third-order valence-electron chi connectivity index (χ3n) is 2.51. The maximum absolute atomic E-state index is 10.9. The molecule has 1 aliphatic heterocycles. The number of alkyl carbamates (subject to hydrolysis) is 1. The van der Waals surface area contributed by atoms with Gasteiger partial charge in [-0.25, -0.2) is 4.79 Å². The highest BCUT2D eigenvalue weighted by atomic mass is 35.5. The lowest BCUT2D eigenvalue weighted by Gasteiger charge is -2.11. The average molecular weight is 244 g/mol. The molecule has 0 aromatic heterocycles. The van der Waals surface area contributed by atoms with E-state index >= 15 is 0 Å². The van der Waals surface area contributed by atoms with Crippen molar-refractivity contribution in [2.24, 2.45) is 0 Å². The number of methoxy groups -OCH3 is 1. The van der Waals surface area contributed by atoms with Gasteiger partial charge in [0.15, 0.2) is 0 Å². The summed E-state index contributed by atoms with van der Waals surface area (Å²) in [6, 6.07) is 5.80. The van der Waals surface area contributed by atoms with E-state index in [1.165, 1.54) is 0 Å². The quantitative estimate of drug-likeness (QED) is 0.866. The molecule has 5 heteroatoms. The minimum Gasteiger partial charge on any atom is -0.496 e. The van der Waals surface area contributed by atoms with Gasteiger partial charge in [0.05, 0.1) is 13.2 Å². The summed E-state index contributed by atoms with van der Waals surface area (Å²) in [5.74, 6) is 0.827. The summed E-state index contributed by atoms with van der Waals surface area (Å²) in [6.07, 6.45) is -0.362. The Morgan fingerprint density at radius 2 is 2.25 bits per heavy atom. The van der Waals surface area contributed by atoms with Gasteiger partial charge in [-0.1, -0.05) is 12.1 Å². The van der Waals surface area contributed by atoms with Crippen LogP contribution >= 0.6 is 12.4 Å². The van der Waals surface area contributed by atoms with Crippen molar-refractivity contribution in [1.29, 1.82) is 0 Å². The third kappa shape index (κ3) is 2.39. The van der Waals surface area contributed by atoms with Crippen molar-refractivity contribution in [3.05, 3.63) is 29.3 Å². The molecule has 0 bridgehead atoms. The monoisotopic (exact) mass is 243 g/mol. The number of rotatable bonds is 2. The Hall–Kier alpha value is -1.42. The molecule has 1 heterocycles. The van der Waals surface area contributed by atoms with E-state index in [2.05, 4.69) is 5.32 Å². The molecule has 1 N–H and O–H groups in total. The molecule has 16 heavy (non-hydrogen) atoms. The van der Waals surface area contributed by atoms with Gasteiger partial charge in [-0.2, -0.15) is 0 Å². The zero-order valence-corrected chi connectivity index (χ0v) is 9.97. The lowest BCUT2D eigenvalue weighted by atomic mass is 10.1. The van der Waals surface area contributed by atoms with Crippen LogP contribution < -0.4 is 10.1 Å². The second-order valence-electron chi connectivity index (χ2n) is 3.52. The first kappa shape index (κ1) is 12.6. The fourth-order valence-corrected chi connectivity index (χ4v) is 1.62. The molecule has 0 saturated carbocycles.